The summed E-state index contributed by atoms with van der Waals surface area (Å²) in [7, 11) is 3.97. The minimum Gasteiger partial charge on any atom is -0.304 e. The number of anilines is 1. The zero-order chi connectivity index (χ0) is 11.3. The van der Waals surface area contributed by atoms with Gasteiger partial charge >= 0.3 is 0 Å². The molecule has 0 aromatic carbocycles. The molecule has 4 nitrogen and oxygen atoms in total. The van der Waals surface area contributed by atoms with Crippen LogP contribution in [-0.2, 0) is 11.3 Å². The van der Waals surface area contributed by atoms with Crippen LogP contribution in [0.1, 0.15) is 12.6 Å². The van der Waals surface area contributed by atoms with Gasteiger partial charge in [-0.05, 0) is 27.1 Å². The molecule has 1 amide bonds. The largest absolute Gasteiger partial charge is 0.304 e. The van der Waals surface area contributed by atoms with E-state index < -0.39 is 0 Å². The van der Waals surface area contributed by atoms with E-state index in [-0.39, 0.29) is 5.91 Å². The molecule has 1 rings (SSSR count). The van der Waals surface area contributed by atoms with E-state index in [0.717, 1.165) is 12.2 Å². The summed E-state index contributed by atoms with van der Waals surface area (Å²) in [5, 5.41) is 5.30. The Morgan fingerprint density at radius 3 is 3.00 bits per heavy atom. The molecule has 0 spiro atoms. The molecule has 0 bridgehead atoms. The van der Waals surface area contributed by atoms with Gasteiger partial charge in [0.15, 0.2) is 5.13 Å². The highest BCUT2D eigenvalue weighted by molar-refractivity contribution is 7.13. The number of carbonyl (C=O) groups excluding carboxylic acids is 1. The highest BCUT2D eigenvalue weighted by atomic mass is 32.1. The number of thiazole rings is 1. The lowest BCUT2D eigenvalue weighted by Gasteiger charge is -2.05. The van der Waals surface area contributed by atoms with Gasteiger partial charge in [0.1, 0.15) is 0 Å². The average molecular weight is 225 g/mol. The maximum atomic E-state index is 11.2. The zero-order valence-corrected chi connectivity index (χ0v) is 9.97. The first-order valence-electron chi connectivity index (χ1n) is 4.64. The van der Waals surface area contributed by atoms with Gasteiger partial charge in [-0.25, -0.2) is 4.98 Å². The molecular formula is C10H15N3OS. The van der Waals surface area contributed by atoms with E-state index >= 15 is 0 Å². The van der Waals surface area contributed by atoms with Crippen molar-refractivity contribution in [1.82, 2.24) is 9.88 Å². The second kappa shape index (κ2) is 5.63. The molecule has 0 atom stereocenters. The lowest BCUT2D eigenvalue weighted by molar-refractivity contribution is -0.111. The first-order chi connectivity index (χ1) is 7.11. The van der Waals surface area contributed by atoms with Crippen LogP contribution in [0.3, 0.4) is 0 Å². The third-order valence-electron chi connectivity index (χ3n) is 1.58. The standard InChI is InChI=1S/C10H15N3OS/c1-4-5-9(14)12-10-11-8(7-15-10)6-13(2)3/h4-5,7H,6H2,1-3H3,(H,11,12,14)/b5-4+. The number of carbonyl (C=O) groups is 1. The van der Waals surface area contributed by atoms with E-state index in [0.29, 0.717) is 5.13 Å². The van der Waals surface area contributed by atoms with Crippen molar-refractivity contribution in [3.8, 4) is 0 Å². The van der Waals surface area contributed by atoms with Crippen LogP contribution >= 0.6 is 11.3 Å². The van der Waals surface area contributed by atoms with Gasteiger partial charge in [-0.2, -0.15) is 0 Å². The third-order valence-corrected chi connectivity index (χ3v) is 2.38. The molecule has 1 aromatic heterocycles. The van der Waals surface area contributed by atoms with Crippen molar-refractivity contribution < 1.29 is 4.79 Å². The van der Waals surface area contributed by atoms with E-state index in [1.807, 2.05) is 24.4 Å². The molecule has 0 saturated heterocycles. The van der Waals surface area contributed by atoms with E-state index in [4.69, 9.17) is 0 Å². The molecule has 15 heavy (non-hydrogen) atoms. The van der Waals surface area contributed by atoms with Gasteiger partial charge in [-0.15, -0.1) is 11.3 Å². The maximum Gasteiger partial charge on any atom is 0.249 e. The van der Waals surface area contributed by atoms with Crippen molar-refractivity contribution in [2.75, 3.05) is 19.4 Å². The minimum absolute atomic E-state index is 0.136. The van der Waals surface area contributed by atoms with E-state index in [9.17, 15) is 4.79 Å². The fraction of sp³-hybridized carbons (Fsp3) is 0.400. The minimum atomic E-state index is -0.136. The number of rotatable bonds is 4. The zero-order valence-electron chi connectivity index (χ0n) is 9.15. The Hall–Kier alpha value is -1.20. The first-order valence-corrected chi connectivity index (χ1v) is 5.52. The van der Waals surface area contributed by atoms with E-state index in [2.05, 4.69) is 10.3 Å². The van der Waals surface area contributed by atoms with Crippen molar-refractivity contribution >= 4 is 22.4 Å². The molecule has 0 aliphatic rings. The summed E-state index contributed by atoms with van der Waals surface area (Å²) in [5.74, 6) is -0.136. The monoisotopic (exact) mass is 225 g/mol. The van der Waals surface area contributed by atoms with Crippen LogP contribution in [-0.4, -0.2) is 29.9 Å². The number of hydrogen-bond donors (Lipinski definition) is 1. The SMILES string of the molecule is C/C=C/C(=O)Nc1nc(CN(C)C)cs1. The molecule has 1 N–H and O–H groups in total. The van der Waals surface area contributed by atoms with Crippen LogP contribution in [0, 0.1) is 0 Å². The summed E-state index contributed by atoms with van der Waals surface area (Å²) in [5.41, 5.74) is 0.973. The highest BCUT2D eigenvalue weighted by Gasteiger charge is 2.04. The number of amides is 1. The molecule has 0 saturated carbocycles. The van der Waals surface area contributed by atoms with Gasteiger partial charge in [0.25, 0.3) is 0 Å². The number of aromatic nitrogens is 1. The second-order valence-electron chi connectivity index (χ2n) is 3.37. The fourth-order valence-electron chi connectivity index (χ4n) is 1.06. The van der Waals surface area contributed by atoms with Crippen LogP contribution in [0.4, 0.5) is 5.13 Å². The van der Waals surface area contributed by atoms with E-state index in [1.165, 1.54) is 17.4 Å². The summed E-state index contributed by atoms with van der Waals surface area (Å²) in [6.45, 7) is 2.59. The van der Waals surface area contributed by atoms with Gasteiger partial charge in [0.2, 0.25) is 5.91 Å². The fourth-order valence-corrected chi connectivity index (χ4v) is 1.76. The summed E-state index contributed by atoms with van der Waals surface area (Å²) in [6, 6.07) is 0. The van der Waals surface area contributed by atoms with Gasteiger partial charge < -0.3 is 4.90 Å². The summed E-state index contributed by atoms with van der Waals surface area (Å²) >= 11 is 1.44. The van der Waals surface area contributed by atoms with Crippen LogP contribution in [0.2, 0.25) is 0 Å². The van der Waals surface area contributed by atoms with Crippen LogP contribution in [0.25, 0.3) is 0 Å². The maximum absolute atomic E-state index is 11.2. The van der Waals surface area contributed by atoms with Crippen LogP contribution < -0.4 is 5.32 Å². The summed E-state index contributed by atoms with van der Waals surface area (Å²) < 4.78 is 0. The molecule has 0 radical (unpaired) electrons. The molecule has 0 aliphatic heterocycles. The van der Waals surface area contributed by atoms with Crippen molar-refractivity contribution in [3.05, 3.63) is 23.2 Å². The molecule has 5 heteroatoms. The lowest BCUT2D eigenvalue weighted by atomic mass is 10.5. The summed E-state index contributed by atoms with van der Waals surface area (Å²) in [6.07, 6.45) is 3.18. The van der Waals surface area contributed by atoms with E-state index in [1.54, 1.807) is 13.0 Å². The lowest BCUT2D eigenvalue weighted by Crippen LogP contribution is -2.11. The van der Waals surface area contributed by atoms with Gasteiger partial charge in [-0.1, -0.05) is 6.08 Å². The van der Waals surface area contributed by atoms with Gasteiger partial charge in [-0.3, -0.25) is 10.1 Å². The predicted molar refractivity (Wildman–Crippen MR) is 62.9 cm³/mol. The average Bonchev–Trinajstić information content (AvgIpc) is 2.51. The van der Waals surface area contributed by atoms with Gasteiger partial charge in [0, 0.05) is 11.9 Å². The third kappa shape index (κ3) is 4.22. The Bertz CT molecular complexity index is 357. The van der Waals surface area contributed by atoms with Crippen molar-refractivity contribution in [1.29, 1.82) is 0 Å². The molecule has 1 aromatic rings. The quantitative estimate of drug-likeness (QED) is 0.794. The predicted octanol–water partition coefficient (Wildman–Crippen LogP) is 1.72. The Labute approximate surface area is 93.6 Å². The Kier molecular flexibility index (Phi) is 4.45. The second-order valence-corrected chi connectivity index (χ2v) is 4.23. The van der Waals surface area contributed by atoms with Crippen LogP contribution in [0.15, 0.2) is 17.5 Å². The number of nitrogens with zero attached hydrogens (tertiary/aromatic N) is 2. The normalized spacial score (nSPS) is 11.2. The Balaban J connectivity index is 2.56. The Morgan fingerprint density at radius 1 is 1.67 bits per heavy atom. The van der Waals surface area contributed by atoms with Crippen molar-refractivity contribution in [3.63, 3.8) is 0 Å². The van der Waals surface area contributed by atoms with Gasteiger partial charge in [0.05, 0.1) is 5.69 Å². The first kappa shape index (κ1) is 11.9. The molecule has 0 unspecified atom stereocenters. The smallest absolute Gasteiger partial charge is 0.249 e. The number of nitrogens with one attached hydrogen (secondary N) is 1. The van der Waals surface area contributed by atoms with Crippen molar-refractivity contribution in [2.45, 2.75) is 13.5 Å². The number of hydrogen-bond acceptors (Lipinski definition) is 4. The molecule has 82 valence electrons. The molecule has 0 aliphatic carbocycles. The molecule has 1 heterocycles. The van der Waals surface area contributed by atoms with Crippen molar-refractivity contribution in [2.24, 2.45) is 0 Å². The topological polar surface area (TPSA) is 45.2 Å². The Morgan fingerprint density at radius 2 is 2.40 bits per heavy atom. The molecular weight excluding hydrogens is 210 g/mol. The number of allylic oxidation sites excluding steroid dienone is 1. The highest BCUT2D eigenvalue weighted by Crippen LogP contribution is 2.15. The summed E-state index contributed by atoms with van der Waals surface area (Å²) in [4.78, 5) is 17.5. The molecule has 0 fully saturated rings. The van der Waals surface area contributed by atoms with Crippen LogP contribution in [0.5, 0.6) is 0 Å².